The van der Waals surface area contributed by atoms with E-state index in [0.29, 0.717) is 13.1 Å². The Bertz CT molecular complexity index is 235. The molecule has 3 nitrogen and oxygen atoms in total. The standard InChI is InChI=1S/C13H28N2O/c1-10(8-14)15(13(5,6)7)9-11(16)12(2,3)4/h10H,8-9,14H2,1-7H3/t10-/m1/s1. The Labute approximate surface area is 100 Å². The van der Waals surface area contributed by atoms with Crippen molar-refractivity contribution in [1.82, 2.24) is 4.90 Å². The van der Waals surface area contributed by atoms with Crippen LogP contribution >= 0.6 is 0 Å². The van der Waals surface area contributed by atoms with Crippen LogP contribution in [0.5, 0.6) is 0 Å². The van der Waals surface area contributed by atoms with E-state index in [0.717, 1.165) is 0 Å². The zero-order valence-corrected chi connectivity index (χ0v) is 11.9. The predicted octanol–water partition coefficient (Wildman–Crippen LogP) is 2.05. The van der Waals surface area contributed by atoms with Gasteiger partial charge in [-0.3, -0.25) is 9.69 Å². The molecule has 0 aromatic heterocycles. The van der Waals surface area contributed by atoms with Crippen LogP contribution in [-0.4, -0.2) is 35.4 Å². The fourth-order valence-electron chi connectivity index (χ4n) is 1.57. The van der Waals surface area contributed by atoms with E-state index in [-0.39, 0.29) is 22.8 Å². The number of nitrogens with zero attached hydrogens (tertiary/aromatic N) is 1. The van der Waals surface area contributed by atoms with E-state index < -0.39 is 0 Å². The van der Waals surface area contributed by atoms with Crippen molar-refractivity contribution < 1.29 is 4.79 Å². The number of hydrogen-bond acceptors (Lipinski definition) is 3. The van der Waals surface area contributed by atoms with Gasteiger partial charge in [0.05, 0.1) is 6.54 Å². The van der Waals surface area contributed by atoms with Crippen LogP contribution in [0.15, 0.2) is 0 Å². The van der Waals surface area contributed by atoms with Crippen molar-refractivity contribution in [3.8, 4) is 0 Å². The minimum absolute atomic E-state index is 0.0281. The smallest absolute Gasteiger partial charge is 0.152 e. The van der Waals surface area contributed by atoms with Crippen molar-refractivity contribution in [3.05, 3.63) is 0 Å². The second-order valence-corrected chi connectivity index (χ2v) is 6.56. The maximum Gasteiger partial charge on any atom is 0.152 e. The van der Waals surface area contributed by atoms with Crippen molar-refractivity contribution in [2.45, 2.75) is 60.0 Å². The largest absolute Gasteiger partial charge is 0.329 e. The van der Waals surface area contributed by atoms with Gasteiger partial charge in [0.2, 0.25) is 0 Å². The van der Waals surface area contributed by atoms with Gasteiger partial charge in [-0.1, -0.05) is 20.8 Å². The van der Waals surface area contributed by atoms with E-state index in [9.17, 15) is 4.79 Å². The zero-order chi connectivity index (χ0) is 13.1. The third-order valence-electron chi connectivity index (χ3n) is 2.89. The lowest BCUT2D eigenvalue weighted by Gasteiger charge is -2.40. The van der Waals surface area contributed by atoms with E-state index in [1.165, 1.54) is 0 Å². The van der Waals surface area contributed by atoms with Gasteiger partial charge in [-0.25, -0.2) is 0 Å². The molecule has 16 heavy (non-hydrogen) atoms. The molecular formula is C13H28N2O. The van der Waals surface area contributed by atoms with Crippen LogP contribution in [0.3, 0.4) is 0 Å². The van der Waals surface area contributed by atoms with E-state index in [4.69, 9.17) is 5.73 Å². The number of carbonyl (C=O) groups excluding carboxylic acids is 1. The lowest BCUT2D eigenvalue weighted by molar-refractivity contribution is -0.129. The molecule has 0 radical (unpaired) electrons. The van der Waals surface area contributed by atoms with E-state index in [2.05, 4.69) is 32.6 Å². The average molecular weight is 228 g/mol. The molecule has 1 atom stereocenters. The predicted molar refractivity (Wildman–Crippen MR) is 69.4 cm³/mol. The lowest BCUT2D eigenvalue weighted by Crippen LogP contribution is -2.53. The summed E-state index contributed by atoms with van der Waals surface area (Å²) in [7, 11) is 0. The number of ketones is 1. The van der Waals surface area contributed by atoms with Gasteiger partial charge in [-0.15, -0.1) is 0 Å². The Morgan fingerprint density at radius 1 is 1.19 bits per heavy atom. The van der Waals surface area contributed by atoms with Crippen molar-refractivity contribution in [2.24, 2.45) is 11.1 Å². The van der Waals surface area contributed by atoms with Crippen LogP contribution in [0.2, 0.25) is 0 Å². The third-order valence-corrected chi connectivity index (χ3v) is 2.89. The van der Waals surface area contributed by atoms with E-state index in [1.807, 2.05) is 20.8 Å². The van der Waals surface area contributed by atoms with E-state index in [1.54, 1.807) is 0 Å². The summed E-state index contributed by atoms with van der Waals surface area (Å²) in [5.74, 6) is 0.266. The third kappa shape index (κ3) is 4.62. The summed E-state index contributed by atoms with van der Waals surface area (Å²) >= 11 is 0. The summed E-state index contributed by atoms with van der Waals surface area (Å²) < 4.78 is 0. The molecule has 0 saturated heterocycles. The number of carbonyl (C=O) groups is 1. The van der Waals surface area contributed by atoms with Crippen molar-refractivity contribution in [1.29, 1.82) is 0 Å². The first-order valence-electron chi connectivity index (χ1n) is 6.00. The number of rotatable bonds is 4. The van der Waals surface area contributed by atoms with Crippen LogP contribution in [-0.2, 0) is 4.79 Å². The van der Waals surface area contributed by atoms with Gasteiger partial charge in [0, 0.05) is 23.5 Å². The highest BCUT2D eigenvalue weighted by atomic mass is 16.1. The minimum atomic E-state index is -0.280. The fraction of sp³-hybridized carbons (Fsp3) is 0.923. The topological polar surface area (TPSA) is 46.3 Å². The molecule has 0 aromatic carbocycles. The van der Waals surface area contributed by atoms with Gasteiger partial charge in [-0.2, -0.15) is 0 Å². The summed E-state index contributed by atoms with van der Waals surface area (Å²) in [6.07, 6.45) is 0. The molecule has 0 saturated carbocycles. The molecule has 0 aromatic rings. The SMILES string of the molecule is C[C@H](CN)N(CC(=O)C(C)(C)C)C(C)(C)C. The molecule has 0 amide bonds. The van der Waals surface area contributed by atoms with Crippen LogP contribution in [0.1, 0.15) is 48.5 Å². The molecule has 0 spiro atoms. The Morgan fingerprint density at radius 3 is 1.88 bits per heavy atom. The minimum Gasteiger partial charge on any atom is -0.329 e. The van der Waals surface area contributed by atoms with Crippen LogP contribution in [0.4, 0.5) is 0 Å². The van der Waals surface area contributed by atoms with Gasteiger partial charge >= 0.3 is 0 Å². The fourth-order valence-corrected chi connectivity index (χ4v) is 1.57. The number of hydrogen-bond donors (Lipinski definition) is 1. The molecule has 0 bridgehead atoms. The highest BCUT2D eigenvalue weighted by Crippen LogP contribution is 2.21. The van der Waals surface area contributed by atoms with Crippen LogP contribution < -0.4 is 5.73 Å². The molecule has 0 rings (SSSR count). The first kappa shape index (κ1) is 15.6. The summed E-state index contributed by atoms with van der Waals surface area (Å²) in [4.78, 5) is 14.2. The first-order chi connectivity index (χ1) is 7.00. The summed E-state index contributed by atoms with van der Waals surface area (Å²) in [6, 6.07) is 0.228. The average Bonchev–Trinajstić information content (AvgIpc) is 2.09. The molecule has 0 heterocycles. The van der Waals surface area contributed by atoms with Gasteiger partial charge in [0.25, 0.3) is 0 Å². The Hall–Kier alpha value is -0.410. The van der Waals surface area contributed by atoms with E-state index >= 15 is 0 Å². The first-order valence-corrected chi connectivity index (χ1v) is 6.00. The maximum absolute atomic E-state index is 12.1. The number of nitrogens with two attached hydrogens (primary N) is 1. The zero-order valence-electron chi connectivity index (χ0n) is 11.9. The molecule has 3 heteroatoms. The maximum atomic E-state index is 12.1. The molecule has 0 fully saturated rings. The lowest BCUT2D eigenvalue weighted by atomic mass is 9.89. The molecule has 96 valence electrons. The highest BCUT2D eigenvalue weighted by molar-refractivity contribution is 5.85. The van der Waals surface area contributed by atoms with Crippen molar-refractivity contribution in [3.63, 3.8) is 0 Å². The Kier molecular flexibility index (Phi) is 5.15. The van der Waals surface area contributed by atoms with Crippen LogP contribution in [0, 0.1) is 5.41 Å². The normalized spacial score (nSPS) is 15.3. The molecule has 0 aliphatic heterocycles. The van der Waals surface area contributed by atoms with Gasteiger partial charge in [-0.05, 0) is 27.7 Å². The molecule has 2 N–H and O–H groups in total. The van der Waals surface area contributed by atoms with Gasteiger partial charge in [0.1, 0.15) is 0 Å². The monoisotopic (exact) mass is 228 g/mol. The molecule has 0 aliphatic rings. The van der Waals surface area contributed by atoms with Gasteiger partial charge in [0.15, 0.2) is 5.78 Å². The Morgan fingerprint density at radius 2 is 1.62 bits per heavy atom. The second-order valence-electron chi connectivity index (χ2n) is 6.56. The molecular weight excluding hydrogens is 200 g/mol. The molecule has 0 unspecified atom stereocenters. The van der Waals surface area contributed by atoms with Gasteiger partial charge < -0.3 is 5.73 Å². The summed E-state index contributed by atoms with van der Waals surface area (Å²) in [5.41, 5.74) is 5.39. The Balaban J connectivity index is 4.77. The summed E-state index contributed by atoms with van der Waals surface area (Å²) in [5, 5.41) is 0. The quantitative estimate of drug-likeness (QED) is 0.801. The van der Waals surface area contributed by atoms with Crippen LogP contribution in [0.25, 0.3) is 0 Å². The van der Waals surface area contributed by atoms with Crippen molar-refractivity contribution >= 4 is 5.78 Å². The summed E-state index contributed by atoms with van der Waals surface area (Å²) in [6.45, 7) is 15.4. The molecule has 0 aliphatic carbocycles. The second kappa shape index (κ2) is 5.28. The number of Topliss-reactive ketones (excluding diaryl/α,β-unsaturated/α-hetero) is 1. The van der Waals surface area contributed by atoms with Crippen molar-refractivity contribution in [2.75, 3.05) is 13.1 Å². The highest BCUT2D eigenvalue weighted by Gasteiger charge is 2.31.